The Kier molecular flexibility index (Phi) is 7.37. The van der Waals surface area contributed by atoms with E-state index in [4.69, 9.17) is 9.47 Å². The smallest absolute Gasteiger partial charge is 0.339 e. The second kappa shape index (κ2) is 9.96. The van der Waals surface area contributed by atoms with Crippen LogP contribution in [0.3, 0.4) is 0 Å². The maximum Gasteiger partial charge on any atom is 0.339 e. The van der Waals surface area contributed by atoms with Gasteiger partial charge < -0.3 is 19.7 Å². The fraction of sp³-hybridized carbons (Fsp3) is 0.250. The van der Waals surface area contributed by atoms with Gasteiger partial charge in [0.1, 0.15) is 12.4 Å². The van der Waals surface area contributed by atoms with E-state index < -0.39 is 18.5 Å². The van der Waals surface area contributed by atoms with E-state index in [1.165, 1.54) is 4.90 Å². The Labute approximate surface area is 157 Å². The van der Waals surface area contributed by atoms with Crippen LogP contribution < -0.4 is 10.1 Å². The van der Waals surface area contributed by atoms with Crippen molar-refractivity contribution in [3.05, 3.63) is 65.7 Å². The van der Waals surface area contributed by atoms with Crippen LogP contribution in [0.15, 0.2) is 54.6 Å². The van der Waals surface area contributed by atoms with Crippen LogP contribution >= 0.6 is 0 Å². The van der Waals surface area contributed by atoms with Crippen LogP contribution in [0.4, 0.5) is 0 Å². The molecule has 0 radical (unpaired) electrons. The van der Waals surface area contributed by atoms with E-state index in [9.17, 15) is 14.4 Å². The van der Waals surface area contributed by atoms with Crippen LogP contribution in [0.25, 0.3) is 0 Å². The van der Waals surface area contributed by atoms with Gasteiger partial charge in [-0.05, 0) is 18.2 Å². The molecule has 0 aliphatic heterocycles. The lowest BCUT2D eigenvalue weighted by molar-refractivity contribution is -0.131. The molecule has 27 heavy (non-hydrogen) atoms. The van der Waals surface area contributed by atoms with Crippen LogP contribution in [-0.2, 0) is 20.9 Å². The average molecular weight is 370 g/mol. The van der Waals surface area contributed by atoms with Crippen molar-refractivity contribution in [2.24, 2.45) is 0 Å². The molecule has 2 rings (SSSR count). The van der Waals surface area contributed by atoms with Crippen LogP contribution in [-0.4, -0.2) is 49.9 Å². The standard InChI is InChI=1S/C20H22N2O5/c1-22(2)19(24)12-21-18(23)14-27-20(25)17-11-7-6-8-15(17)13-26-16-9-4-3-5-10-16/h3-11H,12-14H2,1-2H3,(H,21,23). The molecule has 1 N–H and O–H groups in total. The maximum absolute atomic E-state index is 12.3. The third-order valence-corrected chi connectivity index (χ3v) is 3.64. The molecular formula is C20H22N2O5. The number of carbonyl (C=O) groups excluding carboxylic acids is 3. The van der Waals surface area contributed by atoms with E-state index in [-0.39, 0.29) is 19.1 Å². The third-order valence-electron chi connectivity index (χ3n) is 3.64. The molecular weight excluding hydrogens is 348 g/mol. The number of nitrogens with zero attached hydrogens (tertiary/aromatic N) is 1. The first-order chi connectivity index (χ1) is 13.0. The number of para-hydroxylation sites is 1. The van der Waals surface area contributed by atoms with E-state index in [0.717, 1.165) is 0 Å². The van der Waals surface area contributed by atoms with Crippen LogP contribution in [0.1, 0.15) is 15.9 Å². The summed E-state index contributed by atoms with van der Waals surface area (Å²) in [5.41, 5.74) is 0.972. The quantitative estimate of drug-likeness (QED) is 0.714. The lowest BCUT2D eigenvalue weighted by Crippen LogP contribution is -2.38. The van der Waals surface area contributed by atoms with Gasteiger partial charge in [0.25, 0.3) is 5.91 Å². The lowest BCUT2D eigenvalue weighted by Gasteiger charge is -2.12. The van der Waals surface area contributed by atoms with Crippen molar-refractivity contribution in [3.63, 3.8) is 0 Å². The van der Waals surface area contributed by atoms with Crippen molar-refractivity contribution >= 4 is 17.8 Å². The predicted octanol–water partition coefficient (Wildman–Crippen LogP) is 1.63. The van der Waals surface area contributed by atoms with E-state index in [0.29, 0.717) is 16.9 Å². The van der Waals surface area contributed by atoms with E-state index in [1.807, 2.05) is 30.3 Å². The molecule has 7 nitrogen and oxygen atoms in total. The molecule has 0 saturated heterocycles. The summed E-state index contributed by atoms with van der Waals surface area (Å²) < 4.78 is 10.7. The zero-order valence-corrected chi connectivity index (χ0v) is 15.3. The Hall–Kier alpha value is -3.35. The second-order valence-electron chi connectivity index (χ2n) is 5.90. The van der Waals surface area contributed by atoms with Crippen LogP contribution in [0, 0.1) is 0 Å². The van der Waals surface area contributed by atoms with Gasteiger partial charge in [-0.25, -0.2) is 4.79 Å². The monoisotopic (exact) mass is 370 g/mol. The highest BCUT2D eigenvalue weighted by molar-refractivity contribution is 5.93. The largest absolute Gasteiger partial charge is 0.489 e. The summed E-state index contributed by atoms with van der Waals surface area (Å²) in [5, 5.41) is 2.40. The molecule has 0 aromatic heterocycles. The first-order valence-electron chi connectivity index (χ1n) is 8.37. The van der Waals surface area contributed by atoms with Crippen molar-refractivity contribution in [1.29, 1.82) is 0 Å². The van der Waals surface area contributed by atoms with Crippen molar-refractivity contribution in [1.82, 2.24) is 10.2 Å². The maximum atomic E-state index is 12.3. The number of nitrogens with one attached hydrogen (secondary N) is 1. The number of likely N-dealkylation sites (N-methyl/N-ethyl adjacent to an activating group) is 1. The fourth-order valence-electron chi connectivity index (χ4n) is 2.12. The van der Waals surface area contributed by atoms with Gasteiger partial charge in [-0.3, -0.25) is 9.59 Å². The van der Waals surface area contributed by atoms with Crippen molar-refractivity contribution in [2.75, 3.05) is 27.2 Å². The molecule has 0 aliphatic carbocycles. The Morgan fingerprint density at radius 2 is 1.63 bits per heavy atom. The zero-order valence-electron chi connectivity index (χ0n) is 15.3. The fourth-order valence-corrected chi connectivity index (χ4v) is 2.12. The summed E-state index contributed by atoms with van der Waals surface area (Å²) in [6, 6.07) is 16.1. The first-order valence-corrected chi connectivity index (χ1v) is 8.37. The number of benzene rings is 2. The van der Waals surface area contributed by atoms with Crippen molar-refractivity contribution in [2.45, 2.75) is 6.61 Å². The normalized spacial score (nSPS) is 10.0. The van der Waals surface area contributed by atoms with Gasteiger partial charge in [0.2, 0.25) is 5.91 Å². The molecule has 2 aromatic rings. The van der Waals surface area contributed by atoms with Crippen molar-refractivity contribution in [3.8, 4) is 5.75 Å². The number of carbonyl (C=O) groups is 3. The van der Waals surface area contributed by atoms with Gasteiger partial charge in [-0.2, -0.15) is 0 Å². The molecule has 142 valence electrons. The molecule has 0 heterocycles. The lowest BCUT2D eigenvalue weighted by atomic mass is 10.1. The van der Waals surface area contributed by atoms with E-state index in [2.05, 4.69) is 5.32 Å². The topological polar surface area (TPSA) is 84.9 Å². The molecule has 7 heteroatoms. The second-order valence-corrected chi connectivity index (χ2v) is 5.90. The minimum atomic E-state index is -0.628. The summed E-state index contributed by atoms with van der Waals surface area (Å²) in [7, 11) is 3.17. The Morgan fingerprint density at radius 1 is 0.963 bits per heavy atom. The van der Waals surface area contributed by atoms with E-state index >= 15 is 0 Å². The number of hydrogen-bond donors (Lipinski definition) is 1. The Morgan fingerprint density at radius 3 is 2.33 bits per heavy atom. The number of esters is 1. The molecule has 0 fully saturated rings. The van der Waals surface area contributed by atoms with Gasteiger partial charge in [-0.1, -0.05) is 36.4 Å². The Balaban J connectivity index is 1.88. The molecule has 0 saturated carbocycles. The molecule has 0 spiro atoms. The highest BCUT2D eigenvalue weighted by Gasteiger charge is 2.15. The van der Waals surface area contributed by atoms with Crippen LogP contribution in [0.2, 0.25) is 0 Å². The minimum Gasteiger partial charge on any atom is -0.489 e. The van der Waals surface area contributed by atoms with Crippen LogP contribution in [0.5, 0.6) is 5.75 Å². The number of hydrogen-bond acceptors (Lipinski definition) is 5. The summed E-state index contributed by atoms with van der Waals surface area (Å²) in [4.78, 5) is 36.8. The van der Waals surface area contributed by atoms with Gasteiger partial charge in [0.05, 0.1) is 12.1 Å². The number of amides is 2. The molecule has 0 bridgehead atoms. The van der Waals surface area contributed by atoms with Gasteiger partial charge in [-0.15, -0.1) is 0 Å². The zero-order chi connectivity index (χ0) is 19.6. The van der Waals surface area contributed by atoms with Crippen molar-refractivity contribution < 1.29 is 23.9 Å². The highest BCUT2D eigenvalue weighted by Crippen LogP contribution is 2.15. The van der Waals surface area contributed by atoms with E-state index in [1.54, 1.807) is 38.4 Å². The molecule has 2 amide bonds. The molecule has 0 atom stereocenters. The van der Waals surface area contributed by atoms with Gasteiger partial charge in [0, 0.05) is 19.7 Å². The average Bonchev–Trinajstić information content (AvgIpc) is 2.69. The molecule has 0 unspecified atom stereocenters. The predicted molar refractivity (Wildman–Crippen MR) is 99.2 cm³/mol. The number of ether oxygens (including phenoxy) is 2. The minimum absolute atomic E-state index is 0.148. The SMILES string of the molecule is CN(C)C(=O)CNC(=O)COC(=O)c1ccccc1COc1ccccc1. The van der Waals surface area contributed by atoms with Gasteiger partial charge >= 0.3 is 5.97 Å². The molecule has 0 aliphatic rings. The van der Waals surface area contributed by atoms with Gasteiger partial charge in [0.15, 0.2) is 6.61 Å². The number of rotatable bonds is 8. The summed E-state index contributed by atoms with van der Waals surface area (Å²) in [6.07, 6.45) is 0. The third kappa shape index (κ3) is 6.47. The highest BCUT2D eigenvalue weighted by atomic mass is 16.5. The molecule has 2 aromatic carbocycles. The Bertz CT molecular complexity index is 790. The summed E-state index contributed by atoms with van der Waals surface area (Å²) >= 11 is 0. The first kappa shape index (κ1) is 20.0. The summed E-state index contributed by atoms with van der Waals surface area (Å²) in [5.74, 6) is -0.739. The summed E-state index contributed by atoms with van der Waals surface area (Å²) in [6.45, 7) is -0.420.